The maximum absolute atomic E-state index is 13.7. The summed E-state index contributed by atoms with van der Waals surface area (Å²) in [4.78, 5) is 25.5. The van der Waals surface area contributed by atoms with Crippen LogP contribution in [0.3, 0.4) is 0 Å². The van der Waals surface area contributed by atoms with Gasteiger partial charge in [0, 0.05) is 0 Å². The lowest BCUT2D eigenvalue weighted by atomic mass is 9.79. The van der Waals surface area contributed by atoms with Gasteiger partial charge in [-0.3, -0.25) is 9.59 Å². The van der Waals surface area contributed by atoms with Gasteiger partial charge >= 0.3 is 12.1 Å². The highest BCUT2D eigenvalue weighted by Crippen LogP contribution is 2.42. The first-order valence-corrected chi connectivity index (χ1v) is 10.1. The van der Waals surface area contributed by atoms with E-state index in [9.17, 15) is 27.2 Å². The highest BCUT2D eigenvalue weighted by atomic mass is 35.5. The molecule has 1 amide bonds. The molecule has 1 unspecified atom stereocenters. The molecule has 0 bridgehead atoms. The van der Waals surface area contributed by atoms with Crippen LogP contribution in [-0.2, 0) is 25.9 Å². The number of alkyl halides is 3. The minimum atomic E-state index is -4.61. The van der Waals surface area contributed by atoms with E-state index in [0.717, 1.165) is 25.0 Å². The molecule has 1 atom stereocenters. The predicted molar refractivity (Wildman–Crippen MR) is 107 cm³/mol. The average Bonchev–Trinajstić information content (AvgIpc) is 3.20. The molecule has 0 aromatic heterocycles. The number of amides is 1. The smallest absolute Gasteiger partial charge is 0.416 e. The van der Waals surface area contributed by atoms with Crippen LogP contribution in [0.2, 0.25) is 5.02 Å². The van der Waals surface area contributed by atoms with Crippen molar-refractivity contribution in [3.63, 3.8) is 0 Å². The maximum Gasteiger partial charge on any atom is 0.416 e. The standard InChI is InChI=1S/C22H20ClF4NO3/c1-13(19(29)28-18-12-15(22(25,26)27)7-8-17(18)23)31-20(30)21(9-2-3-10-21)14-5-4-6-16(24)11-14/h4-8,11-13H,2-3,9-10H2,1H3,(H,28,29). The number of carbonyl (C=O) groups is 2. The normalized spacial score (nSPS) is 16.6. The van der Waals surface area contributed by atoms with Crippen LogP contribution in [0.5, 0.6) is 0 Å². The van der Waals surface area contributed by atoms with Gasteiger partial charge in [0.05, 0.1) is 21.7 Å². The topological polar surface area (TPSA) is 55.4 Å². The number of ether oxygens (including phenoxy) is 1. The molecular weight excluding hydrogens is 438 g/mol. The number of anilines is 1. The van der Waals surface area contributed by atoms with E-state index in [1.807, 2.05) is 0 Å². The van der Waals surface area contributed by atoms with Crippen LogP contribution in [0.4, 0.5) is 23.2 Å². The summed E-state index contributed by atoms with van der Waals surface area (Å²) in [6.07, 6.45) is -3.53. The van der Waals surface area contributed by atoms with Gasteiger partial charge in [-0.1, -0.05) is 36.6 Å². The number of rotatable bonds is 5. The van der Waals surface area contributed by atoms with E-state index < -0.39 is 41.0 Å². The lowest BCUT2D eigenvalue weighted by Gasteiger charge is -2.28. The Hall–Kier alpha value is -2.61. The van der Waals surface area contributed by atoms with Crippen molar-refractivity contribution in [2.45, 2.75) is 50.3 Å². The third-order valence-electron chi connectivity index (χ3n) is 5.43. The molecular formula is C22H20ClF4NO3. The molecule has 0 saturated heterocycles. The molecule has 2 aromatic carbocycles. The van der Waals surface area contributed by atoms with Gasteiger partial charge in [0.1, 0.15) is 5.82 Å². The number of hydrogen-bond acceptors (Lipinski definition) is 3. The quantitative estimate of drug-likeness (QED) is 0.450. The van der Waals surface area contributed by atoms with Crippen molar-refractivity contribution in [3.05, 3.63) is 64.4 Å². The molecule has 9 heteroatoms. The summed E-state index contributed by atoms with van der Waals surface area (Å²) in [5.41, 5.74) is -1.81. The summed E-state index contributed by atoms with van der Waals surface area (Å²) >= 11 is 5.90. The molecule has 3 rings (SSSR count). The minimum absolute atomic E-state index is 0.0908. The Balaban J connectivity index is 1.75. The van der Waals surface area contributed by atoms with Gasteiger partial charge in [-0.15, -0.1) is 0 Å². The first-order valence-electron chi connectivity index (χ1n) is 9.68. The van der Waals surface area contributed by atoms with E-state index in [1.54, 1.807) is 6.07 Å². The van der Waals surface area contributed by atoms with Gasteiger partial charge in [0.2, 0.25) is 0 Å². The molecule has 1 N–H and O–H groups in total. The van der Waals surface area contributed by atoms with Crippen molar-refractivity contribution in [2.75, 3.05) is 5.32 Å². The number of hydrogen-bond donors (Lipinski definition) is 1. The molecule has 0 spiro atoms. The Morgan fingerprint density at radius 1 is 1.13 bits per heavy atom. The van der Waals surface area contributed by atoms with Gasteiger partial charge in [-0.2, -0.15) is 13.2 Å². The Morgan fingerprint density at radius 3 is 2.42 bits per heavy atom. The van der Waals surface area contributed by atoms with Gasteiger partial charge in [-0.25, -0.2) is 4.39 Å². The Labute approximate surface area is 181 Å². The van der Waals surface area contributed by atoms with Crippen molar-refractivity contribution < 1.29 is 31.9 Å². The Morgan fingerprint density at radius 2 is 1.81 bits per heavy atom. The van der Waals surface area contributed by atoms with Gasteiger partial charge in [0.25, 0.3) is 5.91 Å². The third-order valence-corrected chi connectivity index (χ3v) is 5.76. The summed E-state index contributed by atoms with van der Waals surface area (Å²) in [5.74, 6) is -1.99. The van der Waals surface area contributed by atoms with Crippen LogP contribution in [0.1, 0.15) is 43.7 Å². The molecule has 2 aromatic rings. The van der Waals surface area contributed by atoms with Crippen LogP contribution in [0.25, 0.3) is 0 Å². The van der Waals surface area contributed by atoms with Crippen LogP contribution in [-0.4, -0.2) is 18.0 Å². The second-order valence-electron chi connectivity index (χ2n) is 7.53. The van der Waals surface area contributed by atoms with Crippen LogP contribution >= 0.6 is 11.6 Å². The van der Waals surface area contributed by atoms with Gasteiger partial charge in [-0.05, 0) is 55.7 Å². The summed E-state index contributed by atoms with van der Waals surface area (Å²) in [6, 6.07) is 8.22. The van der Waals surface area contributed by atoms with E-state index in [4.69, 9.17) is 16.3 Å². The third kappa shape index (κ3) is 5.01. The van der Waals surface area contributed by atoms with Crippen LogP contribution in [0.15, 0.2) is 42.5 Å². The largest absolute Gasteiger partial charge is 0.452 e. The fourth-order valence-corrected chi connectivity index (χ4v) is 3.90. The maximum atomic E-state index is 13.7. The van der Waals surface area contributed by atoms with E-state index >= 15 is 0 Å². The minimum Gasteiger partial charge on any atom is -0.452 e. The molecule has 1 aliphatic carbocycles. The molecule has 1 saturated carbocycles. The van der Waals surface area contributed by atoms with Crippen molar-refractivity contribution in [1.29, 1.82) is 0 Å². The molecule has 0 aliphatic heterocycles. The second-order valence-corrected chi connectivity index (χ2v) is 7.94. The average molecular weight is 458 g/mol. The first-order chi connectivity index (χ1) is 14.5. The zero-order valence-corrected chi connectivity index (χ0v) is 17.3. The number of benzene rings is 2. The number of halogens is 5. The van der Waals surface area contributed by atoms with Crippen molar-refractivity contribution >= 4 is 29.2 Å². The molecule has 1 fully saturated rings. The monoisotopic (exact) mass is 457 g/mol. The summed E-state index contributed by atoms with van der Waals surface area (Å²) in [5, 5.41) is 2.18. The van der Waals surface area contributed by atoms with Crippen LogP contribution in [0, 0.1) is 5.82 Å². The van der Waals surface area contributed by atoms with Crippen molar-refractivity contribution in [1.82, 2.24) is 0 Å². The predicted octanol–water partition coefficient (Wildman–Crippen LogP) is 5.88. The fourth-order valence-electron chi connectivity index (χ4n) is 3.73. The van der Waals surface area contributed by atoms with Crippen molar-refractivity contribution in [2.24, 2.45) is 0 Å². The highest BCUT2D eigenvalue weighted by Gasteiger charge is 2.45. The van der Waals surface area contributed by atoms with E-state index in [0.29, 0.717) is 24.5 Å². The summed E-state index contributed by atoms with van der Waals surface area (Å²) in [6.45, 7) is 1.31. The van der Waals surface area contributed by atoms with E-state index in [2.05, 4.69) is 5.32 Å². The van der Waals surface area contributed by atoms with E-state index in [-0.39, 0.29) is 10.7 Å². The second kappa shape index (κ2) is 8.86. The fraction of sp³-hybridized carbons (Fsp3) is 0.364. The number of carbonyl (C=O) groups excluding carboxylic acids is 2. The Bertz CT molecular complexity index is 987. The lowest BCUT2D eigenvalue weighted by Crippen LogP contribution is -2.40. The summed E-state index contributed by atoms with van der Waals surface area (Å²) in [7, 11) is 0. The first kappa shape index (κ1) is 23.1. The lowest BCUT2D eigenvalue weighted by molar-refractivity contribution is -0.159. The molecule has 31 heavy (non-hydrogen) atoms. The zero-order chi connectivity index (χ0) is 22.8. The summed E-state index contributed by atoms with van der Waals surface area (Å²) < 4.78 is 57.9. The van der Waals surface area contributed by atoms with Gasteiger partial charge < -0.3 is 10.1 Å². The Kier molecular flexibility index (Phi) is 6.59. The van der Waals surface area contributed by atoms with Gasteiger partial charge in [0.15, 0.2) is 6.10 Å². The molecule has 4 nitrogen and oxygen atoms in total. The SMILES string of the molecule is CC(OC(=O)C1(c2cccc(F)c2)CCCC1)C(=O)Nc1cc(C(F)(F)F)ccc1Cl. The number of nitrogens with one attached hydrogen (secondary N) is 1. The highest BCUT2D eigenvalue weighted by molar-refractivity contribution is 6.33. The molecule has 0 radical (unpaired) electrons. The van der Waals surface area contributed by atoms with E-state index in [1.165, 1.54) is 25.1 Å². The number of esters is 1. The molecule has 0 heterocycles. The van der Waals surface area contributed by atoms with Crippen LogP contribution < -0.4 is 5.32 Å². The molecule has 166 valence electrons. The zero-order valence-electron chi connectivity index (χ0n) is 16.6. The molecule has 1 aliphatic rings. The van der Waals surface area contributed by atoms with Crippen molar-refractivity contribution in [3.8, 4) is 0 Å².